The zero-order valence-electron chi connectivity index (χ0n) is 12.1. The number of benzene rings is 2. The molecule has 2 aromatic carbocycles. The lowest BCUT2D eigenvalue weighted by Gasteiger charge is -2.19. The van der Waals surface area contributed by atoms with Gasteiger partial charge in [0, 0.05) is 19.2 Å². The lowest BCUT2D eigenvalue weighted by atomic mass is 10.1. The van der Waals surface area contributed by atoms with Crippen LogP contribution in [-0.2, 0) is 6.42 Å². The number of hydrogen-bond donors (Lipinski definition) is 1. The summed E-state index contributed by atoms with van der Waals surface area (Å²) >= 11 is 0. The number of fused-ring (bicyclic) bond motifs is 1. The summed E-state index contributed by atoms with van der Waals surface area (Å²) < 4.78 is 45.7. The molecular weight excluding hydrogens is 311 g/mol. The largest absolute Gasteiger partial charge is 0.503 e. The molecule has 0 saturated heterocycles. The summed E-state index contributed by atoms with van der Waals surface area (Å²) in [5.41, 5.74) is 0.597. The van der Waals surface area contributed by atoms with Crippen LogP contribution in [0.2, 0.25) is 0 Å². The Labute approximate surface area is 129 Å². The van der Waals surface area contributed by atoms with Crippen LogP contribution in [-0.4, -0.2) is 24.7 Å². The Morgan fingerprint density at radius 1 is 1.22 bits per heavy atom. The van der Waals surface area contributed by atoms with E-state index in [4.69, 9.17) is 4.74 Å². The van der Waals surface area contributed by atoms with Crippen molar-refractivity contribution in [3.63, 3.8) is 0 Å². The number of ether oxygens (including phenoxy) is 1. The predicted molar refractivity (Wildman–Crippen MR) is 76.4 cm³/mol. The smallest absolute Gasteiger partial charge is 0.261 e. The molecular formula is C16H12F3NO3. The first kappa shape index (κ1) is 15.2. The molecule has 1 aliphatic rings. The van der Waals surface area contributed by atoms with Gasteiger partial charge in [0.2, 0.25) is 5.82 Å². The monoisotopic (exact) mass is 323 g/mol. The van der Waals surface area contributed by atoms with Gasteiger partial charge in [-0.25, -0.2) is 8.78 Å². The zero-order chi connectivity index (χ0) is 16.7. The van der Waals surface area contributed by atoms with E-state index in [1.54, 1.807) is 18.2 Å². The molecule has 2 aromatic rings. The first-order chi connectivity index (χ1) is 10.9. The maximum absolute atomic E-state index is 13.9. The molecule has 1 heterocycles. The Morgan fingerprint density at radius 2 is 1.96 bits per heavy atom. The Balaban J connectivity index is 1.97. The second-order valence-corrected chi connectivity index (χ2v) is 5.14. The van der Waals surface area contributed by atoms with E-state index in [2.05, 4.69) is 0 Å². The number of rotatable bonds is 2. The van der Waals surface area contributed by atoms with Gasteiger partial charge in [-0.3, -0.25) is 4.79 Å². The first-order valence-corrected chi connectivity index (χ1v) is 6.80. The molecule has 23 heavy (non-hydrogen) atoms. The summed E-state index contributed by atoms with van der Waals surface area (Å²) in [4.78, 5) is 13.4. The van der Waals surface area contributed by atoms with Crippen LogP contribution in [0.25, 0.3) is 0 Å². The van der Waals surface area contributed by atoms with E-state index in [9.17, 15) is 23.1 Å². The summed E-state index contributed by atoms with van der Waals surface area (Å²) in [5, 5.41) is 9.22. The molecule has 7 heteroatoms. The number of amides is 1. The van der Waals surface area contributed by atoms with Crippen LogP contribution >= 0.6 is 0 Å². The summed E-state index contributed by atoms with van der Waals surface area (Å²) in [5.74, 6) is -6.42. The first-order valence-electron chi connectivity index (χ1n) is 6.80. The Morgan fingerprint density at radius 3 is 2.70 bits per heavy atom. The highest BCUT2D eigenvalue weighted by Gasteiger charge is 2.25. The standard InChI is InChI=1S/C16H12F3NO3/c1-20(9-2-3-12-8(6-9)4-5-23-12)16(22)10-7-11(17)14(19)15(21)13(10)18/h2-3,6-7,21H,4-5H2,1H3. The molecule has 120 valence electrons. The molecule has 3 rings (SSSR count). The molecule has 0 bridgehead atoms. The van der Waals surface area contributed by atoms with Gasteiger partial charge in [-0.1, -0.05) is 0 Å². The van der Waals surface area contributed by atoms with Gasteiger partial charge in [-0.05, 0) is 29.8 Å². The fourth-order valence-corrected chi connectivity index (χ4v) is 2.43. The van der Waals surface area contributed by atoms with Crippen molar-refractivity contribution < 1.29 is 27.8 Å². The highest BCUT2D eigenvalue weighted by atomic mass is 19.2. The second-order valence-electron chi connectivity index (χ2n) is 5.14. The van der Waals surface area contributed by atoms with Gasteiger partial charge in [0.05, 0.1) is 12.2 Å². The van der Waals surface area contributed by atoms with Crippen molar-refractivity contribution in [2.45, 2.75) is 6.42 Å². The minimum Gasteiger partial charge on any atom is -0.503 e. The van der Waals surface area contributed by atoms with Crippen LogP contribution in [0, 0.1) is 17.5 Å². The van der Waals surface area contributed by atoms with Crippen molar-refractivity contribution in [1.29, 1.82) is 0 Å². The van der Waals surface area contributed by atoms with E-state index < -0.39 is 34.7 Å². The zero-order valence-corrected chi connectivity index (χ0v) is 12.1. The fourth-order valence-electron chi connectivity index (χ4n) is 2.43. The van der Waals surface area contributed by atoms with Crippen molar-refractivity contribution in [1.82, 2.24) is 0 Å². The van der Waals surface area contributed by atoms with Gasteiger partial charge in [0.25, 0.3) is 5.91 Å². The molecule has 0 spiro atoms. The number of halogens is 3. The van der Waals surface area contributed by atoms with Crippen LogP contribution in [0.5, 0.6) is 11.5 Å². The lowest BCUT2D eigenvalue weighted by Crippen LogP contribution is -2.27. The third kappa shape index (κ3) is 2.48. The van der Waals surface area contributed by atoms with Gasteiger partial charge < -0.3 is 14.7 Å². The lowest BCUT2D eigenvalue weighted by molar-refractivity contribution is 0.0987. The molecule has 0 aliphatic carbocycles. The third-order valence-electron chi connectivity index (χ3n) is 3.73. The molecule has 1 aliphatic heterocycles. The number of aromatic hydroxyl groups is 1. The maximum Gasteiger partial charge on any atom is 0.261 e. The Kier molecular flexibility index (Phi) is 3.63. The van der Waals surface area contributed by atoms with E-state index in [1.807, 2.05) is 0 Å². The molecule has 0 unspecified atom stereocenters. The van der Waals surface area contributed by atoms with Crippen LogP contribution in [0.1, 0.15) is 15.9 Å². The van der Waals surface area contributed by atoms with Crippen LogP contribution in [0.15, 0.2) is 24.3 Å². The number of nitrogens with zero attached hydrogens (tertiary/aromatic N) is 1. The van der Waals surface area contributed by atoms with E-state index in [-0.39, 0.29) is 0 Å². The van der Waals surface area contributed by atoms with Crippen molar-refractivity contribution in [3.8, 4) is 11.5 Å². The average Bonchev–Trinajstić information content (AvgIpc) is 3.02. The number of phenols is 1. The minimum absolute atomic E-state index is 0.430. The number of carbonyl (C=O) groups is 1. The van der Waals surface area contributed by atoms with Gasteiger partial charge in [-0.2, -0.15) is 4.39 Å². The summed E-state index contributed by atoms with van der Waals surface area (Å²) in [7, 11) is 1.37. The summed E-state index contributed by atoms with van der Waals surface area (Å²) in [6, 6.07) is 5.41. The highest BCUT2D eigenvalue weighted by Crippen LogP contribution is 2.31. The van der Waals surface area contributed by atoms with Crippen molar-refractivity contribution in [3.05, 3.63) is 52.8 Å². The van der Waals surface area contributed by atoms with E-state index in [0.717, 1.165) is 10.5 Å². The Hall–Kier alpha value is -2.70. The van der Waals surface area contributed by atoms with Crippen LogP contribution in [0.3, 0.4) is 0 Å². The van der Waals surface area contributed by atoms with E-state index >= 15 is 0 Å². The quantitative estimate of drug-likeness (QED) is 0.864. The molecule has 0 radical (unpaired) electrons. The number of carbonyl (C=O) groups excluding carboxylic acids is 1. The van der Waals surface area contributed by atoms with Crippen LogP contribution < -0.4 is 9.64 Å². The highest BCUT2D eigenvalue weighted by molar-refractivity contribution is 6.06. The number of hydrogen-bond acceptors (Lipinski definition) is 3. The van der Waals surface area contributed by atoms with Crippen molar-refractivity contribution in [2.24, 2.45) is 0 Å². The van der Waals surface area contributed by atoms with Gasteiger partial charge in [-0.15, -0.1) is 0 Å². The molecule has 1 amide bonds. The normalized spacial score (nSPS) is 12.7. The second kappa shape index (κ2) is 5.49. The predicted octanol–water partition coefficient (Wildman–Crippen LogP) is 3.02. The molecule has 0 fully saturated rings. The average molecular weight is 323 g/mol. The van der Waals surface area contributed by atoms with Crippen molar-refractivity contribution >= 4 is 11.6 Å². The van der Waals surface area contributed by atoms with Crippen molar-refractivity contribution in [2.75, 3.05) is 18.6 Å². The number of phenolic OH excluding ortho intramolecular Hbond substituents is 1. The van der Waals surface area contributed by atoms with E-state index in [0.29, 0.717) is 30.5 Å². The topological polar surface area (TPSA) is 49.8 Å². The molecule has 4 nitrogen and oxygen atoms in total. The molecule has 0 aromatic heterocycles. The summed E-state index contributed by atoms with van der Waals surface area (Å²) in [6.07, 6.45) is 0.686. The van der Waals surface area contributed by atoms with Crippen LogP contribution in [0.4, 0.5) is 18.9 Å². The molecule has 0 saturated carbocycles. The summed E-state index contributed by atoms with van der Waals surface area (Å²) in [6.45, 7) is 0.544. The van der Waals surface area contributed by atoms with Gasteiger partial charge >= 0.3 is 0 Å². The van der Waals surface area contributed by atoms with E-state index in [1.165, 1.54) is 7.05 Å². The van der Waals surface area contributed by atoms with Gasteiger partial charge in [0.1, 0.15) is 5.75 Å². The SMILES string of the molecule is CN(C(=O)c1cc(F)c(F)c(O)c1F)c1ccc2c(c1)CCO2. The molecule has 1 N–H and O–H groups in total. The molecule has 0 atom stereocenters. The Bertz CT molecular complexity index is 808. The third-order valence-corrected chi connectivity index (χ3v) is 3.73. The minimum atomic E-state index is -1.73. The number of anilines is 1. The van der Waals surface area contributed by atoms with Gasteiger partial charge in [0.15, 0.2) is 17.4 Å². The maximum atomic E-state index is 13.9. The fraction of sp³-hybridized carbons (Fsp3) is 0.188.